The molecule has 92 valence electrons. The first kappa shape index (κ1) is 12.5. The maximum atomic E-state index is 12.3. The summed E-state index contributed by atoms with van der Waals surface area (Å²) in [4.78, 5) is 18.1. The Kier molecular flexibility index (Phi) is 4.12. The third kappa shape index (κ3) is 3.26. The first-order chi connectivity index (χ1) is 8.16. The Morgan fingerprint density at radius 3 is 3.24 bits per heavy atom. The summed E-state index contributed by atoms with van der Waals surface area (Å²) in [7, 11) is 0. The lowest BCUT2D eigenvalue weighted by molar-refractivity contribution is 0.0562. The van der Waals surface area contributed by atoms with Gasteiger partial charge in [-0.2, -0.15) is 0 Å². The van der Waals surface area contributed by atoms with Crippen molar-refractivity contribution in [3.63, 3.8) is 0 Å². The van der Waals surface area contributed by atoms with Crippen molar-refractivity contribution in [3.05, 3.63) is 28.5 Å². The third-order valence-electron chi connectivity index (χ3n) is 2.71. The second kappa shape index (κ2) is 5.60. The molecule has 0 aromatic carbocycles. The van der Waals surface area contributed by atoms with E-state index in [-0.39, 0.29) is 12.0 Å². The van der Waals surface area contributed by atoms with Crippen LogP contribution in [0, 0.1) is 0 Å². The SMILES string of the molecule is CC1CN(C(=O)c2ccnc(Br)c2)CCCO1. The van der Waals surface area contributed by atoms with Gasteiger partial charge in [0.1, 0.15) is 4.60 Å². The standard InChI is InChI=1S/C12H15BrN2O2/c1-9-8-15(5-2-6-17-9)12(16)10-3-4-14-11(13)7-10/h3-4,7,9H,2,5-6,8H2,1H3. The average Bonchev–Trinajstić information content (AvgIpc) is 2.53. The third-order valence-corrected chi connectivity index (χ3v) is 3.15. The number of carbonyl (C=O) groups excluding carboxylic acids is 1. The molecule has 0 N–H and O–H groups in total. The smallest absolute Gasteiger partial charge is 0.254 e. The Bertz CT molecular complexity index is 411. The maximum Gasteiger partial charge on any atom is 0.254 e. The van der Waals surface area contributed by atoms with Gasteiger partial charge in [-0.3, -0.25) is 4.79 Å². The second-order valence-corrected chi connectivity index (χ2v) is 4.97. The van der Waals surface area contributed by atoms with E-state index in [0.29, 0.717) is 16.7 Å². The minimum absolute atomic E-state index is 0.0467. The first-order valence-electron chi connectivity index (χ1n) is 5.69. The van der Waals surface area contributed by atoms with Crippen LogP contribution in [-0.4, -0.2) is 41.6 Å². The van der Waals surface area contributed by atoms with E-state index in [0.717, 1.165) is 19.6 Å². The molecule has 1 fully saturated rings. The number of pyridine rings is 1. The summed E-state index contributed by atoms with van der Waals surface area (Å²) in [5, 5.41) is 0. The summed E-state index contributed by atoms with van der Waals surface area (Å²) in [6.07, 6.45) is 2.63. The van der Waals surface area contributed by atoms with Crippen molar-refractivity contribution in [1.82, 2.24) is 9.88 Å². The summed E-state index contributed by atoms with van der Waals surface area (Å²) in [5.74, 6) is 0.0467. The number of carbonyl (C=O) groups is 1. The predicted octanol–water partition coefficient (Wildman–Crippen LogP) is 2.10. The van der Waals surface area contributed by atoms with Crippen molar-refractivity contribution in [2.75, 3.05) is 19.7 Å². The van der Waals surface area contributed by atoms with E-state index in [2.05, 4.69) is 20.9 Å². The van der Waals surface area contributed by atoms with Gasteiger partial charge >= 0.3 is 0 Å². The average molecular weight is 299 g/mol. The van der Waals surface area contributed by atoms with Gasteiger partial charge in [0, 0.05) is 31.5 Å². The zero-order valence-corrected chi connectivity index (χ0v) is 11.3. The fourth-order valence-electron chi connectivity index (χ4n) is 1.90. The van der Waals surface area contributed by atoms with Gasteiger partial charge in [0.2, 0.25) is 0 Å². The van der Waals surface area contributed by atoms with Crippen LogP contribution < -0.4 is 0 Å². The lowest BCUT2D eigenvalue weighted by atomic mass is 10.2. The van der Waals surface area contributed by atoms with Crippen molar-refractivity contribution in [2.24, 2.45) is 0 Å². The van der Waals surface area contributed by atoms with Crippen LogP contribution in [0.2, 0.25) is 0 Å². The van der Waals surface area contributed by atoms with E-state index in [4.69, 9.17) is 4.74 Å². The van der Waals surface area contributed by atoms with Crippen LogP contribution >= 0.6 is 15.9 Å². The minimum Gasteiger partial charge on any atom is -0.377 e. The van der Waals surface area contributed by atoms with Crippen LogP contribution in [0.25, 0.3) is 0 Å². The van der Waals surface area contributed by atoms with Crippen molar-refractivity contribution >= 4 is 21.8 Å². The molecular formula is C12H15BrN2O2. The van der Waals surface area contributed by atoms with Crippen molar-refractivity contribution in [3.8, 4) is 0 Å². The van der Waals surface area contributed by atoms with Gasteiger partial charge in [0.05, 0.1) is 6.10 Å². The molecule has 17 heavy (non-hydrogen) atoms. The maximum absolute atomic E-state index is 12.3. The molecule has 2 heterocycles. The number of ether oxygens (including phenoxy) is 1. The van der Waals surface area contributed by atoms with Gasteiger partial charge in [0.15, 0.2) is 0 Å². The number of aromatic nitrogens is 1. The molecule has 1 aromatic heterocycles. The van der Waals surface area contributed by atoms with E-state index in [9.17, 15) is 4.79 Å². The van der Waals surface area contributed by atoms with Crippen LogP contribution in [0.15, 0.2) is 22.9 Å². The Labute approximate surface area is 109 Å². The zero-order chi connectivity index (χ0) is 12.3. The van der Waals surface area contributed by atoms with Crippen molar-refractivity contribution < 1.29 is 9.53 Å². The number of halogens is 1. The highest BCUT2D eigenvalue weighted by molar-refractivity contribution is 9.10. The van der Waals surface area contributed by atoms with Gasteiger partial charge in [-0.1, -0.05) is 0 Å². The largest absolute Gasteiger partial charge is 0.377 e. The molecule has 1 aliphatic heterocycles. The lowest BCUT2D eigenvalue weighted by Crippen LogP contribution is -2.35. The molecule has 0 spiro atoms. The Morgan fingerprint density at radius 1 is 1.65 bits per heavy atom. The molecule has 0 saturated carbocycles. The fourth-order valence-corrected chi connectivity index (χ4v) is 2.26. The molecule has 4 nitrogen and oxygen atoms in total. The van der Waals surface area contributed by atoms with Crippen LogP contribution in [0.1, 0.15) is 23.7 Å². The normalized spacial score (nSPS) is 21.1. The molecule has 0 aliphatic carbocycles. The minimum atomic E-state index is 0.0467. The molecule has 5 heteroatoms. The zero-order valence-electron chi connectivity index (χ0n) is 9.73. The Balaban J connectivity index is 2.13. The molecule has 2 rings (SSSR count). The Hall–Kier alpha value is -0.940. The quantitative estimate of drug-likeness (QED) is 0.746. The molecule has 1 aromatic rings. The summed E-state index contributed by atoms with van der Waals surface area (Å²) in [5.41, 5.74) is 0.668. The van der Waals surface area contributed by atoms with E-state index in [1.54, 1.807) is 18.3 Å². The van der Waals surface area contributed by atoms with E-state index in [1.807, 2.05) is 11.8 Å². The summed E-state index contributed by atoms with van der Waals surface area (Å²) in [6.45, 7) is 4.13. The molecule has 1 atom stereocenters. The second-order valence-electron chi connectivity index (χ2n) is 4.15. The van der Waals surface area contributed by atoms with Crippen LogP contribution in [0.5, 0.6) is 0 Å². The van der Waals surface area contributed by atoms with Gasteiger partial charge < -0.3 is 9.64 Å². The van der Waals surface area contributed by atoms with Gasteiger partial charge in [0.25, 0.3) is 5.91 Å². The summed E-state index contributed by atoms with van der Waals surface area (Å²) >= 11 is 3.28. The monoisotopic (exact) mass is 298 g/mol. The first-order valence-corrected chi connectivity index (χ1v) is 6.48. The van der Waals surface area contributed by atoms with Gasteiger partial charge in [-0.05, 0) is 41.4 Å². The topological polar surface area (TPSA) is 42.4 Å². The molecular weight excluding hydrogens is 284 g/mol. The number of hydrogen-bond acceptors (Lipinski definition) is 3. The number of amides is 1. The van der Waals surface area contributed by atoms with Crippen molar-refractivity contribution in [2.45, 2.75) is 19.4 Å². The van der Waals surface area contributed by atoms with Gasteiger partial charge in [-0.15, -0.1) is 0 Å². The van der Waals surface area contributed by atoms with E-state index < -0.39 is 0 Å². The summed E-state index contributed by atoms with van der Waals surface area (Å²) in [6, 6.07) is 3.49. The molecule has 1 aliphatic rings. The fraction of sp³-hybridized carbons (Fsp3) is 0.500. The predicted molar refractivity (Wildman–Crippen MR) is 67.9 cm³/mol. The molecule has 1 unspecified atom stereocenters. The highest BCUT2D eigenvalue weighted by Crippen LogP contribution is 2.13. The van der Waals surface area contributed by atoms with E-state index >= 15 is 0 Å². The molecule has 1 amide bonds. The highest BCUT2D eigenvalue weighted by Gasteiger charge is 2.21. The van der Waals surface area contributed by atoms with Crippen molar-refractivity contribution in [1.29, 1.82) is 0 Å². The van der Waals surface area contributed by atoms with Crippen LogP contribution in [-0.2, 0) is 4.74 Å². The highest BCUT2D eigenvalue weighted by atomic mass is 79.9. The van der Waals surface area contributed by atoms with Crippen LogP contribution in [0.4, 0.5) is 0 Å². The Morgan fingerprint density at radius 2 is 2.47 bits per heavy atom. The lowest BCUT2D eigenvalue weighted by Gasteiger charge is -2.22. The molecule has 1 saturated heterocycles. The summed E-state index contributed by atoms with van der Waals surface area (Å²) < 4.78 is 6.21. The van der Waals surface area contributed by atoms with Crippen LogP contribution in [0.3, 0.4) is 0 Å². The molecule has 0 bridgehead atoms. The number of nitrogens with zero attached hydrogens (tertiary/aromatic N) is 2. The number of hydrogen-bond donors (Lipinski definition) is 0. The number of rotatable bonds is 1. The van der Waals surface area contributed by atoms with Gasteiger partial charge in [-0.25, -0.2) is 4.98 Å². The molecule has 0 radical (unpaired) electrons. The van der Waals surface area contributed by atoms with E-state index in [1.165, 1.54) is 0 Å².